The second-order valence-corrected chi connectivity index (χ2v) is 19.8. The van der Waals surface area contributed by atoms with Gasteiger partial charge in [0.15, 0.2) is 18.7 Å². The number of esters is 2. The number of carbonyl (C=O) groups excluding carboxylic acids is 2. The number of ether oxygens (including phenoxy) is 6. The van der Waals surface area contributed by atoms with E-state index in [-0.39, 0.29) is 19.4 Å². The van der Waals surface area contributed by atoms with E-state index in [9.17, 15) is 45.3 Å². The Labute approximate surface area is 444 Å². The molecular formula is C59H100O15. The van der Waals surface area contributed by atoms with E-state index in [0.717, 1.165) is 83.5 Å². The molecule has 2 fully saturated rings. The zero-order chi connectivity index (χ0) is 53.9. The van der Waals surface area contributed by atoms with Gasteiger partial charge in [0.2, 0.25) is 0 Å². The molecule has 2 heterocycles. The minimum absolute atomic E-state index is 0.137. The maximum atomic E-state index is 13.0. The number of allylic oxidation sites excluding steroid dienone is 12. The van der Waals surface area contributed by atoms with E-state index in [4.69, 9.17) is 28.4 Å². The van der Waals surface area contributed by atoms with Gasteiger partial charge in [0.05, 0.1) is 19.8 Å². The van der Waals surface area contributed by atoms with E-state index in [0.29, 0.717) is 19.3 Å². The molecule has 4 unspecified atom stereocenters. The number of aliphatic hydroxyl groups is 7. The Morgan fingerprint density at radius 2 is 0.824 bits per heavy atom. The van der Waals surface area contributed by atoms with Crippen LogP contribution in [-0.2, 0) is 38.0 Å². The van der Waals surface area contributed by atoms with Crippen molar-refractivity contribution >= 4 is 11.9 Å². The molecule has 0 radical (unpaired) electrons. The van der Waals surface area contributed by atoms with Crippen molar-refractivity contribution in [2.24, 2.45) is 0 Å². The Balaban J connectivity index is 1.80. The van der Waals surface area contributed by atoms with Crippen molar-refractivity contribution in [2.45, 2.75) is 261 Å². The maximum Gasteiger partial charge on any atom is 0.306 e. The first-order valence-electron chi connectivity index (χ1n) is 28.5. The van der Waals surface area contributed by atoms with Crippen LogP contribution >= 0.6 is 0 Å². The summed E-state index contributed by atoms with van der Waals surface area (Å²) in [7, 11) is 0. The summed E-state index contributed by atoms with van der Waals surface area (Å²) in [6.45, 7) is 2.50. The lowest BCUT2D eigenvalue weighted by molar-refractivity contribution is -0.332. The van der Waals surface area contributed by atoms with Gasteiger partial charge in [0, 0.05) is 12.8 Å². The van der Waals surface area contributed by atoms with Crippen molar-refractivity contribution in [1.82, 2.24) is 0 Å². The van der Waals surface area contributed by atoms with E-state index < -0.39 is 99.3 Å². The lowest BCUT2D eigenvalue weighted by Gasteiger charge is -2.42. The third kappa shape index (κ3) is 31.9. The first-order valence-corrected chi connectivity index (χ1v) is 28.5. The molecule has 0 aliphatic carbocycles. The van der Waals surface area contributed by atoms with Crippen LogP contribution < -0.4 is 0 Å². The first-order chi connectivity index (χ1) is 36.0. The molecule has 11 atom stereocenters. The topological polar surface area (TPSA) is 231 Å². The summed E-state index contributed by atoms with van der Waals surface area (Å²) in [6.07, 6.45) is 37.8. The smallest absolute Gasteiger partial charge is 0.306 e. The zero-order valence-corrected chi connectivity index (χ0v) is 45.3. The van der Waals surface area contributed by atoms with Gasteiger partial charge in [-0.1, -0.05) is 170 Å². The van der Waals surface area contributed by atoms with Crippen LogP contribution in [0.15, 0.2) is 72.9 Å². The second-order valence-electron chi connectivity index (χ2n) is 19.8. The highest BCUT2D eigenvalue weighted by atomic mass is 16.7. The molecular weight excluding hydrogens is 949 g/mol. The SMILES string of the molecule is CCCCC/C=C/C/C=C/CCCCCCCCCC(=O)O[C@@H](COC(=O)CCC/C=C/C/C=C/C/C=C/C/C=C/CCCCCCCCC)CO[C@@H]1O[C@H](CO[C@@H]2O[C@H](CO)[C@H](O)C(O)C2O)[C@H](O)C(O)C1O. The largest absolute Gasteiger partial charge is 0.462 e. The number of hydrogen-bond donors (Lipinski definition) is 7. The molecule has 0 aromatic heterocycles. The number of carbonyl (C=O) groups is 2. The van der Waals surface area contributed by atoms with Crippen molar-refractivity contribution in [2.75, 3.05) is 26.4 Å². The molecule has 74 heavy (non-hydrogen) atoms. The van der Waals surface area contributed by atoms with Gasteiger partial charge in [0.1, 0.15) is 55.4 Å². The third-order valence-corrected chi connectivity index (χ3v) is 13.2. The molecule has 0 spiro atoms. The van der Waals surface area contributed by atoms with Gasteiger partial charge >= 0.3 is 11.9 Å². The zero-order valence-electron chi connectivity index (χ0n) is 45.3. The lowest BCUT2D eigenvalue weighted by atomic mass is 9.98. The highest BCUT2D eigenvalue weighted by molar-refractivity contribution is 5.70. The summed E-state index contributed by atoms with van der Waals surface area (Å²) in [5, 5.41) is 72.2. The summed E-state index contributed by atoms with van der Waals surface area (Å²) in [5.74, 6) is -1.00. The van der Waals surface area contributed by atoms with Crippen molar-refractivity contribution in [3.05, 3.63) is 72.9 Å². The van der Waals surface area contributed by atoms with Crippen LogP contribution in [0.2, 0.25) is 0 Å². The van der Waals surface area contributed by atoms with Gasteiger partial charge in [-0.25, -0.2) is 0 Å². The molecule has 2 saturated heterocycles. The molecule has 2 rings (SSSR count). The molecule has 0 saturated carbocycles. The average Bonchev–Trinajstić information content (AvgIpc) is 3.39. The average molecular weight is 1050 g/mol. The summed E-state index contributed by atoms with van der Waals surface area (Å²) in [5.41, 5.74) is 0. The van der Waals surface area contributed by atoms with Crippen LogP contribution in [0.4, 0.5) is 0 Å². The van der Waals surface area contributed by atoms with Crippen LogP contribution in [0.5, 0.6) is 0 Å². The number of rotatable bonds is 44. The molecule has 15 nitrogen and oxygen atoms in total. The quantitative estimate of drug-likeness (QED) is 0.0171. The normalized spacial score (nSPS) is 25.2. The molecule has 0 aromatic rings. The minimum atomic E-state index is -1.78. The standard InChI is InChI=1S/C59H100O15/c1-3-5-7-9-11-13-15-17-19-21-22-23-24-26-27-29-31-33-35-37-39-41-50(61)69-44-47(72-51(62)42-40-38-36-34-32-30-28-25-20-18-16-14-12-10-8-6-4-2)45-70-58-57(68)55(66)53(64)49(74-58)46-71-59-56(67)54(65)52(63)48(43-60)73-59/h12,14,18-21,23-24,27,29,33,35,47-49,52-60,63-68H,3-11,13,15-17,22,25-26,28,30-32,34,36-46H2,1-2H3/b14-12+,20-18+,21-19+,24-23+,29-27+,35-33+/t47-,48+,49+,52-,53-,54?,55?,56?,57?,58+,59+/m0/s1. The maximum absolute atomic E-state index is 13.0. The monoisotopic (exact) mass is 1050 g/mol. The molecule has 0 aromatic carbocycles. The first kappa shape index (κ1) is 67.1. The van der Waals surface area contributed by atoms with Gasteiger partial charge in [-0.2, -0.15) is 0 Å². The van der Waals surface area contributed by atoms with Crippen molar-refractivity contribution in [3.8, 4) is 0 Å². The molecule has 426 valence electrons. The van der Waals surface area contributed by atoms with E-state index in [1.165, 1.54) is 64.2 Å². The molecule has 2 aliphatic rings. The Hall–Kier alpha value is -3.06. The number of aliphatic hydroxyl groups excluding tert-OH is 7. The fourth-order valence-corrected chi connectivity index (χ4v) is 8.47. The highest BCUT2D eigenvalue weighted by Gasteiger charge is 2.47. The van der Waals surface area contributed by atoms with Crippen LogP contribution in [0, 0.1) is 0 Å². The van der Waals surface area contributed by atoms with Gasteiger partial charge in [0.25, 0.3) is 0 Å². The molecule has 15 heteroatoms. The summed E-state index contributed by atoms with van der Waals surface area (Å²) in [4.78, 5) is 25.8. The van der Waals surface area contributed by atoms with Gasteiger partial charge in [-0.15, -0.1) is 0 Å². The summed E-state index contributed by atoms with van der Waals surface area (Å²) < 4.78 is 33.6. The van der Waals surface area contributed by atoms with Crippen molar-refractivity contribution < 1.29 is 73.8 Å². The lowest BCUT2D eigenvalue weighted by Crippen LogP contribution is -2.61. The second kappa shape index (κ2) is 45.0. The fraction of sp³-hybridized carbons (Fsp3) is 0.763. The number of hydrogen-bond acceptors (Lipinski definition) is 15. The van der Waals surface area contributed by atoms with Crippen LogP contribution in [-0.4, -0.2) is 142 Å². The van der Waals surface area contributed by atoms with Crippen molar-refractivity contribution in [3.63, 3.8) is 0 Å². The predicted octanol–water partition coefficient (Wildman–Crippen LogP) is 9.38. The number of unbranched alkanes of at least 4 members (excludes halogenated alkanes) is 18. The van der Waals surface area contributed by atoms with E-state index >= 15 is 0 Å². The van der Waals surface area contributed by atoms with E-state index in [1.54, 1.807) is 0 Å². The van der Waals surface area contributed by atoms with Crippen LogP contribution in [0.25, 0.3) is 0 Å². The highest BCUT2D eigenvalue weighted by Crippen LogP contribution is 2.26. The van der Waals surface area contributed by atoms with E-state index in [2.05, 4.69) is 80.7 Å². The molecule has 0 bridgehead atoms. The van der Waals surface area contributed by atoms with Crippen LogP contribution in [0.1, 0.15) is 194 Å². The third-order valence-electron chi connectivity index (χ3n) is 13.2. The van der Waals surface area contributed by atoms with Gasteiger partial charge in [-0.05, 0) is 83.5 Å². The summed E-state index contributed by atoms with van der Waals surface area (Å²) >= 11 is 0. The fourth-order valence-electron chi connectivity index (χ4n) is 8.47. The van der Waals surface area contributed by atoms with Crippen LogP contribution in [0.3, 0.4) is 0 Å². The molecule has 2 aliphatic heterocycles. The van der Waals surface area contributed by atoms with Gasteiger partial charge in [-0.3, -0.25) is 9.59 Å². The minimum Gasteiger partial charge on any atom is -0.462 e. The summed E-state index contributed by atoms with van der Waals surface area (Å²) in [6, 6.07) is 0. The Morgan fingerprint density at radius 1 is 0.432 bits per heavy atom. The Kier molecular flexibility index (Phi) is 40.8. The van der Waals surface area contributed by atoms with Crippen molar-refractivity contribution in [1.29, 1.82) is 0 Å². The van der Waals surface area contributed by atoms with Gasteiger partial charge < -0.3 is 64.2 Å². The Morgan fingerprint density at radius 3 is 1.34 bits per heavy atom. The Bertz CT molecular complexity index is 1560. The molecule has 7 N–H and O–H groups in total. The predicted molar refractivity (Wildman–Crippen MR) is 289 cm³/mol. The molecule has 0 amide bonds. The van der Waals surface area contributed by atoms with E-state index in [1.807, 2.05) is 6.08 Å².